The lowest BCUT2D eigenvalue weighted by Crippen LogP contribution is -2.17. The van der Waals surface area contributed by atoms with Gasteiger partial charge in [-0.05, 0) is 0 Å². The molecule has 0 spiro atoms. The van der Waals surface area contributed by atoms with E-state index in [1.165, 1.54) is 0 Å². The molecule has 2 heterocycles. The van der Waals surface area contributed by atoms with Crippen LogP contribution in [0.15, 0.2) is 11.1 Å². The highest BCUT2D eigenvalue weighted by Gasteiger charge is 2.13. The Morgan fingerprint density at radius 3 is 2.85 bits per heavy atom. The van der Waals surface area contributed by atoms with Crippen LogP contribution in [0.5, 0.6) is 0 Å². The lowest BCUT2D eigenvalue weighted by molar-refractivity contribution is -0.0452. The monoisotopic (exact) mass is 308 g/mol. The fourth-order valence-electron chi connectivity index (χ4n) is 1.25. The summed E-state index contributed by atoms with van der Waals surface area (Å²) in [7, 11) is -4.25. The fourth-order valence-corrected chi connectivity index (χ4v) is 1.56. The predicted octanol–water partition coefficient (Wildman–Crippen LogP) is -1.60. The van der Waals surface area contributed by atoms with Crippen molar-refractivity contribution in [2.24, 2.45) is 0 Å². The molecule has 112 valence electrons. The van der Waals surface area contributed by atoms with Crippen LogP contribution in [0, 0.1) is 0 Å². The minimum Gasteiger partial charge on any atom is -0.382 e. The fraction of sp³-hybridized carbons (Fsp3) is 0.286. The summed E-state index contributed by atoms with van der Waals surface area (Å²) in [5, 5.41) is 0. The number of nitrogen functional groups attached to an aromatic ring is 1. The molecule has 0 saturated heterocycles. The summed E-state index contributed by atoms with van der Waals surface area (Å²) in [6.07, 6.45) is 0.378. The molecule has 2 aromatic heterocycles. The first-order valence-electron chi connectivity index (χ1n) is 4.85. The van der Waals surface area contributed by atoms with Gasteiger partial charge in [0.2, 0.25) is 18.4 Å². The first kappa shape index (κ1) is 16.1. The lowest BCUT2D eigenvalue weighted by Gasteiger charge is -2.08. The van der Waals surface area contributed by atoms with E-state index in [-0.39, 0.29) is 23.3 Å². The number of hydrogen-bond donors (Lipinski definition) is 5. The number of anilines is 1. The number of nitrogens with two attached hydrogens (primary N) is 1. The molecule has 2 aromatic rings. The first-order chi connectivity index (χ1) is 8.87. The zero-order chi connectivity index (χ0) is 14.0. The quantitative estimate of drug-likeness (QED) is 0.243. The van der Waals surface area contributed by atoms with E-state index >= 15 is 0 Å². The van der Waals surface area contributed by atoms with E-state index in [0.717, 1.165) is 11.1 Å². The van der Waals surface area contributed by atoms with Crippen LogP contribution in [0.3, 0.4) is 0 Å². The van der Waals surface area contributed by atoms with E-state index in [9.17, 15) is 9.36 Å². The van der Waals surface area contributed by atoms with Gasteiger partial charge in [-0.2, -0.15) is 4.98 Å². The van der Waals surface area contributed by atoms with Crippen LogP contribution < -0.4 is 22.3 Å². The third-order valence-electron chi connectivity index (χ3n) is 1.93. The van der Waals surface area contributed by atoms with Crippen molar-refractivity contribution in [1.82, 2.24) is 25.8 Å². The highest BCUT2D eigenvalue weighted by atomic mass is 31.2. The summed E-state index contributed by atoms with van der Waals surface area (Å²) in [5.41, 5.74) is 4.93. The number of fused-ring (bicyclic) bond motifs is 1. The summed E-state index contributed by atoms with van der Waals surface area (Å²) in [5.74, 6) is -0.112. The second-order valence-corrected chi connectivity index (χ2v) is 5.03. The molecule has 8 N–H and O–H groups in total. The molecular formula is C7H13N6O6P. The van der Waals surface area contributed by atoms with Crippen LogP contribution in [0.25, 0.3) is 11.2 Å². The Morgan fingerprint density at radius 1 is 1.50 bits per heavy atom. The standard InChI is InChI=1S/C7H10N5O6P.H3N/c8-7-10-5-4(6(13)11-7)9-1-12(5)18-2-17-3-19(14,15)16;/h1H,2-3H2,(H2,14,15,16)(H3,8,10,11,13);1H3. The Morgan fingerprint density at radius 2 is 2.20 bits per heavy atom. The third-order valence-corrected chi connectivity index (χ3v) is 2.45. The minimum atomic E-state index is -4.25. The van der Waals surface area contributed by atoms with E-state index in [4.69, 9.17) is 20.4 Å². The topological polar surface area (TPSA) is 201 Å². The molecule has 0 aliphatic carbocycles. The summed E-state index contributed by atoms with van der Waals surface area (Å²) < 4.78 is 16.1. The zero-order valence-electron chi connectivity index (χ0n) is 10.1. The number of nitrogens with one attached hydrogen (secondary N) is 1. The van der Waals surface area contributed by atoms with E-state index in [1.54, 1.807) is 0 Å². The average molecular weight is 308 g/mol. The third kappa shape index (κ3) is 3.76. The van der Waals surface area contributed by atoms with Gasteiger partial charge >= 0.3 is 7.60 Å². The summed E-state index contributed by atoms with van der Waals surface area (Å²) in [4.78, 5) is 43.4. The van der Waals surface area contributed by atoms with Gasteiger partial charge in [0.1, 0.15) is 6.33 Å². The van der Waals surface area contributed by atoms with Crippen LogP contribution in [-0.4, -0.2) is 42.6 Å². The van der Waals surface area contributed by atoms with E-state index in [0.29, 0.717) is 0 Å². The Hall–Kier alpha value is -1.98. The maximum atomic E-state index is 11.4. The summed E-state index contributed by atoms with van der Waals surface area (Å²) in [6.45, 7) is -0.453. The van der Waals surface area contributed by atoms with Crippen LogP contribution in [-0.2, 0) is 9.30 Å². The maximum absolute atomic E-state index is 11.4. The van der Waals surface area contributed by atoms with Gasteiger partial charge in [-0.1, -0.05) is 0 Å². The lowest BCUT2D eigenvalue weighted by atomic mass is 10.5. The van der Waals surface area contributed by atoms with Gasteiger partial charge in [0.05, 0.1) is 0 Å². The number of aromatic nitrogens is 4. The molecule has 13 heteroatoms. The number of H-pyrrole nitrogens is 1. The second kappa shape index (κ2) is 5.98. The Kier molecular flexibility index (Phi) is 4.81. The van der Waals surface area contributed by atoms with E-state index in [2.05, 4.69) is 19.7 Å². The number of imidazole rings is 1. The average Bonchev–Trinajstić information content (AvgIpc) is 2.66. The van der Waals surface area contributed by atoms with Gasteiger partial charge in [-0.15, -0.1) is 4.73 Å². The Balaban J connectivity index is 0.00000200. The van der Waals surface area contributed by atoms with Gasteiger partial charge in [-0.25, -0.2) is 4.98 Å². The van der Waals surface area contributed by atoms with Crippen molar-refractivity contribution in [1.29, 1.82) is 0 Å². The van der Waals surface area contributed by atoms with Crippen molar-refractivity contribution < 1.29 is 23.9 Å². The molecule has 0 fully saturated rings. The van der Waals surface area contributed by atoms with Crippen molar-refractivity contribution >= 4 is 24.7 Å². The number of hydrogen-bond acceptors (Lipinski definition) is 8. The van der Waals surface area contributed by atoms with E-state index < -0.39 is 26.3 Å². The summed E-state index contributed by atoms with van der Waals surface area (Å²) >= 11 is 0. The van der Waals surface area contributed by atoms with Gasteiger partial charge < -0.3 is 31.2 Å². The maximum Gasteiger partial charge on any atom is 0.351 e. The molecule has 0 aromatic carbocycles. The molecule has 0 aliphatic rings. The van der Waals surface area contributed by atoms with Gasteiger partial charge in [0.25, 0.3) is 5.56 Å². The molecule has 0 aliphatic heterocycles. The molecule has 0 radical (unpaired) electrons. The van der Waals surface area contributed by atoms with Crippen LogP contribution in [0.1, 0.15) is 0 Å². The zero-order valence-corrected chi connectivity index (χ0v) is 11.0. The molecule has 0 saturated carbocycles. The normalized spacial score (nSPS) is 11.3. The van der Waals surface area contributed by atoms with E-state index in [1.807, 2.05) is 0 Å². The molecule has 0 bridgehead atoms. The number of aromatic amines is 1. The van der Waals surface area contributed by atoms with Crippen LogP contribution >= 0.6 is 7.60 Å². The van der Waals surface area contributed by atoms with Crippen LogP contribution in [0.2, 0.25) is 0 Å². The van der Waals surface area contributed by atoms with Crippen molar-refractivity contribution in [3.8, 4) is 0 Å². The van der Waals surface area contributed by atoms with Gasteiger partial charge in [0.15, 0.2) is 11.9 Å². The Bertz CT molecular complexity index is 691. The largest absolute Gasteiger partial charge is 0.382 e. The predicted molar refractivity (Wildman–Crippen MR) is 67.0 cm³/mol. The molecule has 2 rings (SSSR count). The number of rotatable bonds is 5. The first-order valence-corrected chi connectivity index (χ1v) is 6.65. The van der Waals surface area contributed by atoms with Crippen molar-refractivity contribution in [2.45, 2.75) is 0 Å². The SMILES string of the molecule is N.Nc1nc2c(ncn2OCOCP(=O)(O)O)c(=O)[nH]1. The van der Waals surface area contributed by atoms with Gasteiger partial charge in [-0.3, -0.25) is 14.3 Å². The van der Waals surface area contributed by atoms with Crippen LogP contribution in [0.4, 0.5) is 5.95 Å². The second-order valence-electron chi connectivity index (χ2n) is 3.44. The van der Waals surface area contributed by atoms with Crippen molar-refractivity contribution in [2.75, 3.05) is 18.9 Å². The summed E-state index contributed by atoms with van der Waals surface area (Å²) in [6, 6.07) is 0. The molecule has 0 amide bonds. The minimum absolute atomic E-state index is 0. The van der Waals surface area contributed by atoms with Crippen molar-refractivity contribution in [3.63, 3.8) is 0 Å². The molecular weight excluding hydrogens is 295 g/mol. The molecule has 12 nitrogen and oxygen atoms in total. The smallest absolute Gasteiger partial charge is 0.351 e. The number of nitrogens with zero attached hydrogens (tertiary/aromatic N) is 3. The highest BCUT2D eigenvalue weighted by Crippen LogP contribution is 2.33. The molecule has 0 unspecified atom stereocenters. The Labute approximate surface area is 111 Å². The molecule has 0 atom stereocenters. The van der Waals surface area contributed by atoms with Gasteiger partial charge in [0, 0.05) is 0 Å². The number of ether oxygens (including phenoxy) is 1. The highest BCUT2D eigenvalue weighted by molar-refractivity contribution is 7.51. The molecule has 20 heavy (non-hydrogen) atoms. The van der Waals surface area contributed by atoms with Crippen molar-refractivity contribution in [3.05, 3.63) is 16.7 Å².